The lowest BCUT2D eigenvalue weighted by atomic mass is 10.1. The zero-order chi connectivity index (χ0) is 17.2. The Hall–Kier alpha value is -0.740. The van der Waals surface area contributed by atoms with Crippen molar-refractivity contribution in [2.45, 2.75) is 91.1 Å². The molecule has 0 aromatic rings. The minimum atomic E-state index is -1.49. The molecular formula is C16H28F2O4. The molecule has 0 heterocycles. The Morgan fingerprint density at radius 2 is 1.09 bits per heavy atom. The van der Waals surface area contributed by atoms with Gasteiger partial charge in [0.2, 0.25) is 12.7 Å². The van der Waals surface area contributed by atoms with Gasteiger partial charge in [0.25, 0.3) is 0 Å². The van der Waals surface area contributed by atoms with Crippen LogP contribution in [0.4, 0.5) is 8.78 Å². The normalized spacial score (nSPS) is 15.1. The number of rotatable bonds is 10. The van der Waals surface area contributed by atoms with Crippen molar-refractivity contribution in [1.29, 1.82) is 0 Å². The third-order valence-electron chi connectivity index (χ3n) is 2.42. The third-order valence-corrected chi connectivity index (χ3v) is 2.42. The highest BCUT2D eigenvalue weighted by molar-refractivity contribution is 5.17. The summed E-state index contributed by atoms with van der Waals surface area (Å²) in [5.74, 6) is 5.52. The maximum atomic E-state index is 13.2. The number of hydrogen-bond donors (Lipinski definition) is 0. The molecule has 0 aromatic heterocycles. The Balaban J connectivity index is 4.41. The first-order valence-corrected chi connectivity index (χ1v) is 7.63. The molecule has 2 unspecified atom stereocenters. The van der Waals surface area contributed by atoms with Crippen LogP contribution >= 0.6 is 0 Å². The number of hydrogen-bond acceptors (Lipinski definition) is 4. The van der Waals surface area contributed by atoms with Crippen molar-refractivity contribution in [3.63, 3.8) is 0 Å². The summed E-state index contributed by atoms with van der Waals surface area (Å²) in [5.41, 5.74) is -2.06. The maximum absolute atomic E-state index is 13.2. The molecule has 0 amide bonds. The van der Waals surface area contributed by atoms with E-state index < -0.39 is 23.9 Å². The first-order chi connectivity index (χ1) is 10.1. The van der Waals surface area contributed by atoms with E-state index in [0.717, 1.165) is 0 Å². The van der Waals surface area contributed by atoms with E-state index in [9.17, 15) is 8.78 Å². The molecule has 0 N–H and O–H groups in total. The van der Waals surface area contributed by atoms with Gasteiger partial charge in [-0.25, -0.2) is 18.6 Å². The molecule has 130 valence electrons. The first-order valence-electron chi connectivity index (χ1n) is 7.63. The van der Waals surface area contributed by atoms with Gasteiger partial charge in [-0.15, -0.1) is 0 Å². The zero-order valence-electron chi connectivity index (χ0n) is 14.4. The predicted molar refractivity (Wildman–Crippen MR) is 79.9 cm³/mol. The van der Waals surface area contributed by atoms with Crippen molar-refractivity contribution < 1.29 is 28.3 Å². The van der Waals surface area contributed by atoms with E-state index in [2.05, 4.69) is 21.6 Å². The van der Waals surface area contributed by atoms with Gasteiger partial charge in [-0.05, 0) is 27.7 Å². The summed E-state index contributed by atoms with van der Waals surface area (Å²) >= 11 is 0. The molecule has 0 spiro atoms. The monoisotopic (exact) mass is 322 g/mol. The molecule has 6 heteroatoms. The van der Waals surface area contributed by atoms with Gasteiger partial charge >= 0.3 is 0 Å². The Labute approximate surface area is 132 Å². The lowest BCUT2D eigenvalue weighted by molar-refractivity contribution is -0.389. The van der Waals surface area contributed by atoms with Crippen LogP contribution in [0.2, 0.25) is 0 Å². The zero-order valence-corrected chi connectivity index (χ0v) is 14.4. The van der Waals surface area contributed by atoms with Crippen LogP contribution in [-0.2, 0) is 19.6 Å². The highest BCUT2D eigenvalue weighted by Crippen LogP contribution is 2.16. The van der Waals surface area contributed by atoms with E-state index in [1.807, 2.05) is 13.8 Å². The predicted octanol–water partition coefficient (Wildman–Crippen LogP) is 4.63. The summed E-state index contributed by atoms with van der Waals surface area (Å²) in [6, 6.07) is 0. The lowest BCUT2D eigenvalue weighted by Gasteiger charge is -2.21. The Bertz CT molecular complexity index is 329. The Morgan fingerprint density at radius 1 is 0.773 bits per heavy atom. The van der Waals surface area contributed by atoms with Crippen LogP contribution in [0, 0.1) is 11.8 Å². The van der Waals surface area contributed by atoms with Gasteiger partial charge < -0.3 is 0 Å². The van der Waals surface area contributed by atoms with Crippen molar-refractivity contribution in [3.05, 3.63) is 0 Å². The highest BCUT2D eigenvalue weighted by atomic mass is 19.2. The van der Waals surface area contributed by atoms with E-state index in [0.29, 0.717) is 12.8 Å². The quantitative estimate of drug-likeness (QED) is 0.334. The second-order valence-electron chi connectivity index (χ2n) is 6.03. The summed E-state index contributed by atoms with van der Waals surface area (Å²) in [6.45, 7) is 10.2. The third kappa shape index (κ3) is 10.9. The van der Waals surface area contributed by atoms with Crippen LogP contribution < -0.4 is 0 Å². The summed E-state index contributed by atoms with van der Waals surface area (Å²) < 4.78 is 26.4. The van der Waals surface area contributed by atoms with Crippen LogP contribution in [-0.4, -0.2) is 23.9 Å². The maximum Gasteiger partial charge on any atom is 0.231 e. The fourth-order valence-corrected chi connectivity index (χ4v) is 1.24. The minimum absolute atomic E-state index is 0.251. The standard InChI is InChI=1S/C16H28F2O4/c1-7-9-13(17)19-21-15(3,4)11-12-16(5,6)22-20-14(18)10-8-2/h13-14H,7-10H2,1-6H3. The minimum Gasteiger partial charge on any atom is -0.215 e. The van der Waals surface area contributed by atoms with Crippen LogP contribution in [0.3, 0.4) is 0 Å². The fourth-order valence-electron chi connectivity index (χ4n) is 1.24. The highest BCUT2D eigenvalue weighted by Gasteiger charge is 2.23. The molecule has 0 aromatic carbocycles. The molecule has 22 heavy (non-hydrogen) atoms. The van der Waals surface area contributed by atoms with E-state index in [1.165, 1.54) is 0 Å². The van der Waals surface area contributed by atoms with Crippen LogP contribution in [0.5, 0.6) is 0 Å². The van der Waals surface area contributed by atoms with Crippen molar-refractivity contribution >= 4 is 0 Å². The summed E-state index contributed by atoms with van der Waals surface area (Å²) in [5, 5.41) is 0. The van der Waals surface area contributed by atoms with Crippen molar-refractivity contribution in [2.75, 3.05) is 0 Å². The SMILES string of the molecule is CCCC(F)OOC(C)(C)C#CC(C)(C)OOC(F)CCC. The van der Waals surface area contributed by atoms with E-state index in [-0.39, 0.29) is 12.8 Å². The molecule has 2 atom stereocenters. The molecule has 0 bridgehead atoms. The lowest BCUT2D eigenvalue weighted by Crippen LogP contribution is -2.28. The van der Waals surface area contributed by atoms with E-state index in [1.54, 1.807) is 27.7 Å². The Kier molecular flexibility index (Phi) is 9.77. The molecule has 0 fully saturated rings. The largest absolute Gasteiger partial charge is 0.231 e. The van der Waals surface area contributed by atoms with Gasteiger partial charge in [-0.3, -0.25) is 0 Å². The second kappa shape index (κ2) is 10.1. The molecular weight excluding hydrogens is 294 g/mol. The molecule has 0 aliphatic rings. The topological polar surface area (TPSA) is 36.9 Å². The first kappa shape index (κ1) is 21.3. The smallest absolute Gasteiger partial charge is 0.215 e. The van der Waals surface area contributed by atoms with Gasteiger partial charge in [0.15, 0.2) is 11.2 Å². The summed E-state index contributed by atoms with van der Waals surface area (Å²) in [7, 11) is 0. The van der Waals surface area contributed by atoms with Gasteiger partial charge in [0.1, 0.15) is 0 Å². The van der Waals surface area contributed by atoms with Gasteiger partial charge in [0.05, 0.1) is 0 Å². The second-order valence-corrected chi connectivity index (χ2v) is 6.03. The average molecular weight is 322 g/mol. The van der Waals surface area contributed by atoms with Crippen molar-refractivity contribution in [2.24, 2.45) is 0 Å². The molecule has 0 radical (unpaired) electrons. The molecule has 0 saturated carbocycles. The fraction of sp³-hybridized carbons (Fsp3) is 0.875. The van der Waals surface area contributed by atoms with Gasteiger partial charge in [0, 0.05) is 12.8 Å². The van der Waals surface area contributed by atoms with Crippen LogP contribution in [0.25, 0.3) is 0 Å². The van der Waals surface area contributed by atoms with Crippen LogP contribution in [0.1, 0.15) is 67.2 Å². The Morgan fingerprint density at radius 3 is 1.36 bits per heavy atom. The summed E-state index contributed by atoms with van der Waals surface area (Å²) in [4.78, 5) is 19.3. The molecule has 4 nitrogen and oxygen atoms in total. The number of alkyl halides is 2. The van der Waals surface area contributed by atoms with Crippen molar-refractivity contribution in [1.82, 2.24) is 0 Å². The van der Waals surface area contributed by atoms with Gasteiger partial charge in [-0.2, -0.15) is 9.78 Å². The van der Waals surface area contributed by atoms with E-state index >= 15 is 0 Å². The van der Waals surface area contributed by atoms with Crippen LogP contribution in [0.15, 0.2) is 0 Å². The number of halogens is 2. The molecule has 0 aliphatic carbocycles. The molecule has 0 rings (SSSR count). The van der Waals surface area contributed by atoms with E-state index in [4.69, 9.17) is 9.78 Å². The molecule has 0 aliphatic heterocycles. The molecule has 0 saturated heterocycles. The average Bonchev–Trinajstić information content (AvgIpc) is 2.42. The summed E-state index contributed by atoms with van der Waals surface area (Å²) in [6.07, 6.45) is -1.17. The van der Waals surface area contributed by atoms with Crippen molar-refractivity contribution in [3.8, 4) is 11.8 Å². The van der Waals surface area contributed by atoms with Gasteiger partial charge in [-0.1, -0.05) is 38.5 Å².